The van der Waals surface area contributed by atoms with Crippen molar-refractivity contribution in [1.29, 1.82) is 0 Å². The Morgan fingerprint density at radius 3 is 2.31 bits per heavy atom. The van der Waals surface area contributed by atoms with Crippen LogP contribution in [0, 0.1) is 5.41 Å². The molecule has 5 nitrogen and oxygen atoms in total. The van der Waals surface area contributed by atoms with Crippen LogP contribution < -0.4 is 0 Å². The molecule has 1 spiro atoms. The molecule has 3 aliphatic rings. The van der Waals surface area contributed by atoms with Gasteiger partial charge in [-0.1, -0.05) is 61.8 Å². The second kappa shape index (κ2) is 11.4. The summed E-state index contributed by atoms with van der Waals surface area (Å²) in [4.78, 5) is 20.0. The summed E-state index contributed by atoms with van der Waals surface area (Å²) in [6, 6.07) is 18.4. The van der Waals surface area contributed by atoms with Crippen LogP contribution >= 0.6 is 11.6 Å². The van der Waals surface area contributed by atoms with E-state index in [1.54, 1.807) is 0 Å². The van der Waals surface area contributed by atoms with Gasteiger partial charge < -0.3 is 9.64 Å². The van der Waals surface area contributed by atoms with Crippen molar-refractivity contribution in [3.05, 3.63) is 70.2 Å². The number of halogens is 1. The quantitative estimate of drug-likeness (QED) is 0.385. The van der Waals surface area contributed by atoms with E-state index in [0.717, 1.165) is 57.1 Å². The van der Waals surface area contributed by atoms with E-state index in [4.69, 9.17) is 16.3 Å². The van der Waals surface area contributed by atoms with Crippen LogP contribution in [0.3, 0.4) is 0 Å². The Morgan fingerprint density at radius 2 is 1.67 bits per heavy atom. The van der Waals surface area contributed by atoms with Gasteiger partial charge in [0.15, 0.2) is 0 Å². The number of carbonyl (C=O) groups excluding carboxylic acids is 1. The molecule has 5 rings (SSSR count). The lowest BCUT2D eigenvalue weighted by Crippen LogP contribution is -2.60. The molecule has 0 bridgehead atoms. The van der Waals surface area contributed by atoms with Crippen LogP contribution in [-0.4, -0.2) is 65.2 Å². The molecule has 0 radical (unpaired) electrons. The first-order chi connectivity index (χ1) is 18.5. The zero-order chi connectivity index (χ0) is 27.8. The zero-order valence-electron chi connectivity index (χ0n) is 24.5. The second-order valence-corrected chi connectivity index (χ2v) is 13.9. The highest BCUT2D eigenvalue weighted by Crippen LogP contribution is 2.53. The van der Waals surface area contributed by atoms with E-state index in [0.29, 0.717) is 23.4 Å². The summed E-state index contributed by atoms with van der Waals surface area (Å²) >= 11 is 6.15. The summed E-state index contributed by atoms with van der Waals surface area (Å²) in [6.45, 7) is 16.3. The predicted molar refractivity (Wildman–Crippen MR) is 159 cm³/mol. The minimum absolute atomic E-state index is 0.157. The molecule has 6 heteroatoms. The molecular formula is C33H46ClN3O2. The van der Waals surface area contributed by atoms with E-state index in [9.17, 15) is 4.79 Å². The normalized spacial score (nSPS) is 22.7. The molecule has 1 saturated carbocycles. The van der Waals surface area contributed by atoms with E-state index in [2.05, 4.69) is 60.0 Å². The van der Waals surface area contributed by atoms with Crippen molar-refractivity contribution in [2.45, 2.75) is 90.4 Å². The van der Waals surface area contributed by atoms with Gasteiger partial charge in [-0.2, -0.15) is 0 Å². The number of benzene rings is 2. The summed E-state index contributed by atoms with van der Waals surface area (Å²) in [7, 11) is 0. The largest absolute Gasteiger partial charge is 0.444 e. The molecule has 2 aromatic carbocycles. The molecule has 2 aliphatic heterocycles. The van der Waals surface area contributed by atoms with Gasteiger partial charge in [-0.3, -0.25) is 9.80 Å². The number of rotatable bonds is 5. The lowest BCUT2D eigenvalue weighted by Gasteiger charge is -2.58. The molecule has 39 heavy (non-hydrogen) atoms. The maximum absolute atomic E-state index is 12.6. The Morgan fingerprint density at radius 1 is 1.00 bits per heavy atom. The number of piperazine rings is 1. The highest BCUT2D eigenvalue weighted by Gasteiger charge is 2.50. The van der Waals surface area contributed by atoms with Crippen molar-refractivity contribution in [2.75, 3.05) is 32.7 Å². The first-order valence-corrected chi connectivity index (χ1v) is 15.2. The van der Waals surface area contributed by atoms with Crippen molar-refractivity contribution >= 4 is 17.7 Å². The van der Waals surface area contributed by atoms with Crippen LogP contribution in [-0.2, 0) is 11.3 Å². The van der Waals surface area contributed by atoms with Crippen LogP contribution in [0.25, 0.3) is 0 Å². The number of hydrogen-bond donors (Lipinski definition) is 0. The summed E-state index contributed by atoms with van der Waals surface area (Å²) < 4.78 is 5.63. The van der Waals surface area contributed by atoms with E-state index in [1.807, 2.05) is 37.8 Å². The van der Waals surface area contributed by atoms with Gasteiger partial charge in [0.05, 0.1) is 0 Å². The summed E-state index contributed by atoms with van der Waals surface area (Å²) in [5.41, 5.74) is 4.23. The second-order valence-electron chi connectivity index (χ2n) is 13.4. The average molecular weight is 552 g/mol. The number of ether oxygens (including phenoxy) is 1. The van der Waals surface area contributed by atoms with Crippen LogP contribution in [0.5, 0.6) is 0 Å². The molecular weight excluding hydrogens is 506 g/mol. The number of piperidine rings is 1. The molecule has 2 aromatic rings. The molecule has 1 atom stereocenters. The minimum Gasteiger partial charge on any atom is -0.444 e. The van der Waals surface area contributed by atoms with Gasteiger partial charge in [-0.15, -0.1) is 0 Å². The van der Waals surface area contributed by atoms with E-state index < -0.39 is 5.60 Å². The summed E-state index contributed by atoms with van der Waals surface area (Å²) in [5.74, 6) is 0.500. The smallest absolute Gasteiger partial charge is 0.410 e. The summed E-state index contributed by atoms with van der Waals surface area (Å²) in [5, 5.41) is 0.795. The first-order valence-electron chi connectivity index (χ1n) is 14.8. The van der Waals surface area contributed by atoms with Crippen molar-refractivity contribution in [2.24, 2.45) is 5.41 Å². The van der Waals surface area contributed by atoms with Gasteiger partial charge in [0.1, 0.15) is 5.60 Å². The molecule has 2 saturated heterocycles. The van der Waals surface area contributed by atoms with Crippen LogP contribution in [0.15, 0.2) is 48.5 Å². The predicted octanol–water partition coefficient (Wildman–Crippen LogP) is 7.50. The van der Waals surface area contributed by atoms with Gasteiger partial charge in [-0.05, 0) is 86.6 Å². The Labute approximate surface area is 240 Å². The molecule has 1 unspecified atom stereocenters. The van der Waals surface area contributed by atoms with E-state index >= 15 is 0 Å². The number of hydrogen-bond acceptors (Lipinski definition) is 4. The molecule has 212 valence electrons. The Bertz CT molecular complexity index is 1130. The lowest BCUT2D eigenvalue weighted by molar-refractivity contribution is -0.0782. The highest BCUT2D eigenvalue weighted by atomic mass is 35.5. The number of nitrogens with zero attached hydrogens (tertiary/aromatic N) is 3. The molecule has 1 aliphatic carbocycles. The minimum atomic E-state index is -0.440. The van der Waals surface area contributed by atoms with Crippen molar-refractivity contribution in [1.82, 2.24) is 14.7 Å². The number of likely N-dealkylation sites (tertiary alicyclic amines) is 1. The summed E-state index contributed by atoms with van der Waals surface area (Å²) in [6.07, 6.45) is 4.51. The highest BCUT2D eigenvalue weighted by molar-refractivity contribution is 6.30. The molecule has 1 amide bonds. The van der Waals surface area contributed by atoms with Crippen molar-refractivity contribution in [3.63, 3.8) is 0 Å². The lowest BCUT2D eigenvalue weighted by atomic mass is 9.59. The third-order valence-corrected chi connectivity index (χ3v) is 9.34. The van der Waals surface area contributed by atoms with E-state index in [-0.39, 0.29) is 6.09 Å². The van der Waals surface area contributed by atoms with Gasteiger partial charge in [0.25, 0.3) is 0 Å². The van der Waals surface area contributed by atoms with Gasteiger partial charge in [-0.25, -0.2) is 4.79 Å². The third kappa shape index (κ3) is 6.64. The van der Waals surface area contributed by atoms with Crippen molar-refractivity contribution in [3.8, 4) is 0 Å². The topological polar surface area (TPSA) is 36.0 Å². The molecule has 0 aromatic heterocycles. The first kappa shape index (κ1) is 28.4. The maximum atomic E-state index is 12.6. The SMILES string of the molecule is CC(C)c1ccccc1C1CN(Cc2ccc(Cl)cc2)CCN1C1CC2(CCN(C(=O)OC(C)(C)C)CC2)C1. The maximum Gasteiger partial charge on any atom is 0.410 e. The van der Waals surface area contributed by atoms with Crippen LogP contribution in [0.4, 0.5) is 4.79 Å². The molecule has 0 N–H and O–H groups in total. The monoisotopic (exact) mass is 551 g/mol. The van der Waals surface area contributed by atoms with Crippen LogP contribution in [0.2, 0.25) is 5.02 Å². The number of carbonyl (C=O) groups is 1. The van der Waals surface area contributed by atoms with Gasteiger partial charge >= 0.3 is 6.09 Å². The van der Waals surface area contributed by atoms with Crippen LogP contribution in [0.1, 0.15) is 89.0 Å². The fourth-order valence-electron chi connectivity index (χ4n) is 6.97. The molecule has 3 fully saturated rings. The Hall–Kier alpha value is -2.08. The van der Waals surface area contributed by atoms with Crippen molar-refractivity contribution < 1.29 is 9.53 Å². The van der Waals surface area contributed by atoms with E-state index in [1.165, 1.54) is 29.5 Å². The fourth-order valence-corrected chi connectivity index (χ4v) is 7.10. The average Bonchev–Trinajstić information content (AvgIpc) is 2.88. The third-order valence-electron chi connectivity index (χ3n) is 9.08. The standard InChI is InChI=1S/C33H46ClN3O2/c1-24(2)28-8-6-7-9-29(28)30-23-35(22-25-10-12-26(34)13-11-25)18-19-37(30)27-20-33(21-27)14-16-36(17-15-33)31(38)39-32(3,4)5/h6-13,24,27,30H,14-23H2,1-5H3. The number of amides is 1. The Balaban J connectivity index is 1.27. The fraction of sp³-hybridized carbons (Fsp3) is 0.606. The van der Waals surface area contributed by atoms with Gasteiger partial charge in [0.2, 0.25) is 0 Å². The van der Waals surface area contributed by atoms with Gasteiger partial charge in [0, 0.05) is 56.4 Å². The Kier molecular flexibility index (Phi) is 8.33. The molecule has 2 heterocycles. The zero-order valence-corrected chi connectivity index (χ0v) is 25.2.